The highest BCUT2D eigenvalue weighted by atomic mass is 35.5. The Kier molecular flexibility index (Phi) is 4.35. The highest BCUT2D eigenvalue weighted by Crippen LogP contribution is 2.37. The van der Waals surface area contributed by atoms with E-state index in [2.05, 4.69) is 10.3 Å². The molecule has 1 aliphatic heterocycles. The van der Waals surface area contributed by atoms with Crippen LogP contribution in [0.25, 0.3) is 11.1 Å². The van der Waals surface area contributed by atoms with Crippen LogP contribution in [-0.2, 0) is 6.61 Å². The quantitative estimate of drug-likeness (QED) is 0.727. The highest BCUT2D eigenvalue weighted by Gasteiger charge is 2.20. The number of ether oxygens (including phenoxy) is 1. The molecule has 0 spiro atoms. The summed E-state index contributed by atoms with van der Waals surface area (Å²) in [6, 6.07) is 14.8. The maximum atomic E-state index is 12.7. The molecule has 4 nitrogen and oxygen atoms in total. The zero-order valence-corrected chi connectivity index (χ0v) is 15.0. The molecule has 1 amide bonds. The van der Waals surface area contributed by atoms with Crippen molar-refractivity contribution in [3.05, 3.63) is 82.6 Å². The van der Waals surface area contributed by atoms with Crippen molar-refractivity contribution in [1.82, 2.24) is 10.3 Å². The van der Waals surface area contributed by atoms with Crippen molar-refractivity contribution in [3.8, 4) is 16.9 Å². The average molecular weight is 365 g/mol. The zero-order chi connectivity index (χ0) is 18.1. The van der Waals surface area contributed by atoms with E-state index in [1.54, 1.807) is 12.3 Å². The number of nitrogens with one attached hydrogen (secondary N) is 1. The SMILES string of the molecule is CC(NC(=O)c1ccc2c(c1)OCc1cnccc1-2)c1ccccc1Cl. The lowest BCUT2D eigenvalue weighted by Gasteiger charge is -2.21. The summed E-state index contributed by atoms with van der Waals surface area (Å²) in [6.45, 7) is 2.37. The predicted molar refractivity (Wildman–Crippen MR) is 101 cm³/mol. The van der Waals surface area contributed by atoms with Gasteiger partial charge in [0.1, 0.15) is 12.4 Å². The number of pyridine rings is 1. The van der Waals surface area contributed by atoms with Crippen molar-refractivity contribution in [3.63, 3.8) is 0 Å². The van der Waals surface area contributed by atoms with Crippen molar-refractivity contribution in [2.24, 2.45) is 0 Å². The number of carbonyl (C=O) groups excluding carboxylic acids is 1. The van der Waals surface area contributed by atoms with Crippen molar-refractivity contribution in [1.29, 1.82) is 0 Å². The van der Waals surface area contributed by atoms with Gasteiger partial charge in [0.2, 0.25) is 0 Å². The van der Waals surface area contributed by atoms with Crippen LogP contribution in [-0.4, -0.2) is 10.9 Å². The van der Waals surface area contributed by atoms with E-state index in [-0.39, 0.29) is 11.9 Å². The molecule has 2 aromatic carbocycles. The molecule has 0 saturated carbocycles. The van der Waals surface area contributed by atoms with E-state index >= 15 is 0 Å². The van der Waals surface area contributed by atoms with Gasteiger partial charge in [-0.1, -0.05) is 29.8 Å². The Labute approximate surface area is 156 Å². The van der Waals surface area contributed by atoms with Crippen molar-refractivity contribution < 1.29 is 9.53 Å². The summed E-state index contributed by atoms with van der Waals surface area (Å²) in [5.41, 5.74) is 4.56. The number of fused-ring (bicyclic) bond motifs is 3. The van der Waals surface area contributed by atoms with Crippen LogP contribution in [0.2, 0.25) is 5.02 Å². The Bertz CT molecular complexity index is 987. The second-order valence-electron chi connectivity index (χ2n) is 6.25. The van der Waals surface area contributed by atoms with Crippen LogP contribution in [0.1, 0.15) is 34.5 Å². The number of hydrogen-bond acceptors (Lipinski definition) is 3. The summed E-state index contributed by atoms with van der Waals surface area (Å²) in [6.07, 6.45) is 3.57. The number of carbonyl (C=O) groups is 1. The van der Waals surface area contributed by atoms with Crippen LogP contribution >= 0.6 is 11.6 Å². The molecule has 4 rings (SSSR count). The first-order chi connectivity index (χ1) is 12.6. The van der Waals surface area contributed by atoms with Crippen molar-refractivity contribution in [2.45, 2.75) is 19.6 Å². The molecule has 1 unspecified atom stereocenters. The number of rotatable bonds is 3. The molecule has 3 aromatic rings. The van der Waals surface area contributed by atoms with Crippen molar-refractivity contribution >= 4 is 17.5 Å². The highest BCUT2D eigenvalue weighted by molar-refractivity contribution is 6.31. The first-order valence-corrected chi connectivity index (χ1v) is 8.76. The molecule has 130 valence electrons. The third-order valence-electron chi connectivity index (χ3n) is 4.54. The molecule has 1 atom stereocenters. The fourth-order valence-corrected chi connectivity index (χ4v) is 3.45. The zero-order valence-electron chi connectivity index (χ0n) is 14.2. The molecule has 0 radical (unpaired) electrons. The maximum absolute atomic E-state index is 12.7. The topological polar surface area (TPSA) is 51.2 Å². The van der Waals surface area contributed by atoms with Gasteiger partial charge in [-0.05, 0) is 48.4 Å². The number of benzene rings is 2. The molecule has 0 bridgehead atoms. The van der Waals surface area contributed by atoms with Gasteiger partial charge in [0, 0.05) is 34.1 Å². The Morgan fingerprint density at radius 3 is 2.88 bits per heavy atom. The van der Waals surface area contributed by atoms with Gasteiger partial charge in [0.25, 0.3) is 5.91 Å². The summed E-state index contributed by atoms with van der Waals surface area (Å²) >= 11 is 6.21. The Hall–Kier alpha value is -2.85. The minimum absolute atomic E-state index is 0.163. The maximum Gasteiger partial charge on any atom is 0.251 e. The summed E-state index contributed by atoms with van der Waals surface area (Å²) in [5.74, 6) is 0.547. The third kappa shape index (κ3) is 3.04. The molecular formula is C21H17ClN2O2. The molecule has 5 heteroatoms. The van der Waals surface area contributed by atoms with Crippen LogP contribution in [0.5, 0.6) is 5.75 Å². The lowest BCUT2D eigenvalue weighted by atomic mass is 9.97. The average Bonchev–Trinajstić information content (AvgIpc) is 2.67. The molecule has 2 heterocycles. The number of nitrogens with zero attached hydrogens (tertiary/aromatic N) is 1. The molecule has 1 aliphatic rings. The fourth-order valence-electron chi connectivity index (χ4n) is 3.15. The smallest absolute Gasteiger partial charge is 0.251 e. The van der Waals surface area contributed by atoms with Gasteiger partial charge in [-0.15, -0.1) is 0 Å². The van der Waals surface area contributed by atoms with Gasteiger partial charge in [0.05, 0.1) is 6.04 Å². The normalized spacial score (nSPS) is 13.2. The first-order valence-electron chi connectivity index (χ1n) is 8.39. The van der Waals surface area contributed by atoms with Gasteiger partial charge in [-0.3, -0.25) is 9.78 Å². The standard InChI is InChI=1S/C21H17ClN2O2/c1-13(16-4-2-3-5-19(16)22)24-21(25)14-6-7-18-17-8-9-23-11-15(17)12-26-20(18)10-14/h2-11,13H,12H2,1H3,(H,24,25). The predicted octanol–water partition coefficient (Wildman–Crippen LogP) is 4.79. The Balaban J connectivity index is 1.58. The lowest BCUT2D eigenvalue weighted by molar-refractivity contribution is 0.0939. The minimum Gasteiger partial charge on any atom is -0.488 e. The first kappa shape index (κ1) is 16.6. The minimum atomic E-state index is -0.194. The van der Waals surface area contributed by atoms with Crippen LogP contribution in [0.15, 0.2) is 60.9 Å². The van der Waals surface area contributed by atoms with E-state index in [4.69, 9.17) is 16.3 Å². The van der Waals surface area contributed by atoms with E-state index < -0.39 is 0 Å². The van der Waals surface area contributed by atoms with E-state index in [1.165, 1.54) is 0 Å². The van der Waals surface area contributed by atoms with Crippen molar-refractivity contribution in [2.75, 3.05) is 0 Å². The van der Waals surface area contributed by atoms with Gasteiger partial charge in [0.15, 0.2) is 0 Å². The number of amides is 1. The van der Waals surface area contributed by atoms with Gasteiger partial charge in [-0.2, -0.15) is 0 Å². The second-order valence-corrected chi connectivity index (χ2v) is 6.66. The van der Waals surface area contributed by atoms with E-state index in [1.807, 2.05) is 55.6 Å². The molecule has 1 N–H and O–H groups in total. The molecule has 0 saturated heterocycles. The number of hydrogen-bond donors (Lipinski definition) is 1. The Morgan fingerprint density at radius 1 is 1.19 bits per heavy atom. The fraction of sp³-hybridized carbons (Fsp3) is 0.143. The van der Waals surface area contributed by atoms with Crippen LogP contribution in [0.4, 0.5) is 0 Å². The molecule has 26 heavy (non-hydrogen) atoms. The van der Waals surface area contributed by atoms with E-state index in [0.717, 1.165) is 22.3 Å². The van der Waals surface area contributed by atoms with Gasteiger partial charge in [-0.25, -0.2) is 0 Å². The van der Waals surface area contributed by atoms with E-state index in [0.29, 0.717) is 22.9 Å². The number of aromatic nitrogens is 1. The largest absolute Gasteiger partial charge is 0.488 e. The number of halogens is 1. The van der Waals surface area contributed by atoms with Gasteiger partial charge >= 0.3 is 0 Å². The Morgan fingerprint density at radius 2 is 2.04 bits per heavy atom. The third-order valence-corrected chi connectivity index (χ3v) is 4.88. The lowest BCUT2D eigenvalue weighted by Crippen LogP contribution is -2.27. The summed E-state index contributed by atoms with van der Waals surface area (Å²) < 4.78 is 5.81. The monoisotopic (exact) mass is 364 g/mol. The second kappa shape index (κ2) is 6.81. The summed E-state index contributed by atoms with van der Waals surface area (Å²) in [4.78, 5) is 16.8. The molecule has 1 aromatic heterocycles. The van der Waals surface area contributed by atoms with Crippen LogP contribution in [0, 0.1) is 0 Å². The summed E-state index contributed by atoms with van der Waals surface area (Å²) in [7, 11) is 0. The van der Waals surface area contributed by atoms with Gasteiger partial charge < -0.3 is 10.1 Å². The molecule has 0 aliphatic carbocycles. The summed E-state index contributed by atoms with van der Waals surface area (Å²) in [5, 5.41) is 3.63. The van der Waals surface area contributed by atoms with Crippen LogP contribution in [0.3, 0.4) is 0 Å². The van der Waals surface area contributed by atoms with Crippen LogP contribution < -0.4 is 10.1 Å². The molecular weight excluding hydrogens is 348 g/mol. The molecule has 0 fully saturated rings. The van der Waals surface area contributed by atoms with E-state index in [9.17, 15) is 4.79 Å².